The van der Waals surface area contributed by atoms with Crippen LogP contribution in [0.3, 0.4) is 0 Å². The van der Waals surface area contributed by atoms with Crippen molar-refractivity contribution in [2.24, 2.45) is 0 Å². The number of rotatable bonds is 6. The lowest BCUT2D eigenvalue weighted by atomic mass is 9.88. The minimum absolute atomic E-state index is 0.0743. The Balaban J connectivity index is 2.79. The van der Waals surface area contributed by atoms with Crippen molar-refractivity contribution < 1.29 is 29.5 Å². The van der Waals surface area contributed by atoms with Gasteiger partial charge in [-0.3, -0.25) is 19.7 Å². The van der Waals surface area contributed by atoms with Crippen molar-refractivity contribution in [3.8, 4) is 0 Å². The minimum atomic E-state index is -1.47. The van der Waals surface area contributed by atoms with Crippen LogP contribution < -0.4 is 0 Å². The molecule has 0 aliphatic carbocycles. The molecular formula is C16H15NO7. The summed E-state index contributed by atoms with van der Waals surface area (Å²) in [4.78, 5) is 34.5. The molecule has 0 fully saturated rings. The summed E-state index contributed by atoms with van der Waals surface area (Å²) in [5, 5.41) is 30.5. The van der Waals surface area contributed by atoms with Crippen LogP contribution in [0.1, 0.15) is 17.0 Å². The number of carbonyl (C=O) groups excluding carboxylic acids is 2. The lowest BCUT2D eigenvalue weighted by Crippen LogP contribution is -2.26. The van der Waals surface area contributed by atoms with E-state index in [4.69, 9.17) is 5.11 Å². The topological polar surface area (TPSA) is 127 Å². The molecule has 0 aliphatic rings. The number of ether oxygens (including phenoxy) is 1. The van der Waals surface area contributed by atoms with Crippen LogP contribution in [-0.4, -0.2) is 40.6 Å². The molecule has 2 aromatic rings. The molecule has 0 spiro atoms. The van der Waals surface area contributed by atoms with E-state index in [9.17, 15) is 24.8 Å². The predicted molar refractivity (Wildman–Crippen MR) is 83.4 cm³/mol. The average molecular weight is 333 g/mol. The van der Waals surface area contributed by atoms with Crippen molar-refractivity contribution in [1.82, 2.24) is 0 Å². The highest BCUT2D eigenvalue weighted by atomic mass is 16.6. The molecule has 0 radical (unpaired) electrons. The van der Waals surface area contributed by atoms with Gasteiger partial charge in [0.15, 0.2) is 5.78 Å². The van der Waals surface area contributed by atoms with Crippen LogP contribution in [0.25, 0.3) is 10.8 Å². The van der Waals surface area contributed by atoms with Gasteiger partial charge in [-0.2, -0.15) is 0 Å². The molecule has 8 heteroatoms. The fourth-order valence-electron chi connectivity index (χ4n) is 2.58. The Morgan fingerprint density at radius 2 is 2.00 bits per heavy atom. The monoisotopic (exact) mass is 333 g/mol. The molecule has 8 nitrogen and oxygen atoms in total. The molecular weight excluding hydrogens is 318 g/mol. The van der Waals surface area contributed by atoms with Gasteiger partial charge in [0.2, 0.25) is 0 Å². The van der Waals surface area contributed by atoms with Gasteiger partial charge < -0.3 is 14.9 Å². The standard InChI is InChI=1S/C16H15NO7/c1-24-16(21)15(14(20)8-19)12-6-11-9(5-10(12)7-18)3-2-4-13(11)17(22)23/h2-6,15,18-19H,7-8H2,1H3. The lowest BCUT2D eigenvalue weighted by Gasteiger charge is -2.17. The molecule has 0 saturated carbocycles. The van der Waals surface area contributed by atoms with E-state index in [0.29, 0.717) is 5.39 Å². The van der Waals surface area contributed by atoms with Gasteiger partial charge in [0.25, 0.3) is 5.69 Å². The summed E-state index contributed by atoms with van der Waals surface area (Å²) < 4.78 is 4.59. The number of benzene rings is 2. The largest absolute Gasteiger partial charge is 0.468 e. The number of aliphatic hydroxyl groups is 2. The van der Waals surface area contributed by atoms with Gasteiger partial charge in [-0.1, -0.05) is 12.1 Å². The van der Waals surface area contributed by atoms with Crippen LogP contribution in [0, 0.1) is 10.1 Å². The van der Waals surface area contributed by atoms with Crippen molar-refractivity contribution >= 4 is 28.2 Å². The van der Waals surface area contributed by atoms with E-state index in [-0.39, 0.29) is 22.2 Å². The number of methoxy groups -OCH3 is 1. The second kappa shape index (κ2) is 7.16. The molecule has 0 aromatic heterocycles. The fourth-order valence-corrected chi connectivity index (χ4v) is 2.58. The number of nitro benzene ring substituents is 1. The number of nitrogens with zero attached hydrogens (tertiary/aromatic N) is 1. The fraction of sp³-hybridized carbons (Fsp3) is 0.250. The first-order valence-electron chi connectivity index (χ1n) is 6.96. The summed E-state index contributed by atoms with van der Waals surface area (Å²) in [7, 11) is 1.09. The third-order valence-corrected chi connectivity index (χ3v) is 3.71. The van der Waals surface area contributed by atoms with Crippen molar-refractivity contribution in [1.29, 1.82) is 0 Å². The Labute approximate surface area is 136 Å². The SMILES string of the molecule is COC(=O)C(C(=O)CO)c1cc2c([N+](=O)[O-])cccc2cc1CO. The summed E-state index contributed by atoms with van der Waals surface area (Å²) in [6.45, 7) is -1.39. The molecule has 1 atom stereocenters. The first-order chi connectivity index (χ1) is 11.4. The van der Waals surface area contributed by atoms with Gasteiger partial charge in [-0.15, -0.1) is 0 Å². The van der Waals surface area contributed by atoms with Crippen molar-refractivity contribution in [2.45, 2.75) is 12.5 Å². The Kier molecular flexibility index (Phi) is 5.22. The molecule has 2 N–H and O–H groups in total. The van der Waals surface area contributed by atoms with E-state index >= 15 is 0 Å². The Hall–Kier alpha value is -2.84. The summed E-state index contributed by atoms with van der Waals surface area (Å²) in [5.41, 5.74) is 0.128. The number of hydrogen-bond acceptors (Lipinski definition) is 7. The first-order valence-corrected chi connectivity index (χ1v) is 6.96. The highest BCUT2D eigenvalue weighted by molar-refractivity contribution is 6.06. The Bertz CT molecular complexity index is 799. The zero-order valence-corrected chi connectivity index (χ0v) is 12.8. The van der Waals surface area contributed by atoms with Gasteiger partial charge in [-0.05, 0) is 28.6 Å². The quantitative estimate of drug-likeness (QED) is 0.350. The number of aliphatic hydroxyl groups excluding tert-OH is 2. The van der Waals surface area contributed by atoms with Crippen molar-refractivity contribution in [3.05, 3.63) is 51.6 Å². The van der Waals surface area contributed by atoms with E-state index in [2.05, 4.69) is 4.74 Å². The summed E-state index contributed by atoms with van der Waals surface area (Å²) in [6, 6.07) is 7.20. The second-order valence-corrected chi connectivity index (χ2v) is 5.05. The maximum atomic E-state index is 12.0. The number of non-ortho nitro benzene ring substituents is 1. The van der Waals surface area contributed by atoms with Gasteiger partial charge in [-0.25, -0.2) is 0 Å². The maximum Gasteiger partial charge on any atom is 0.320 e. The summed E-state index contributed by atoms with van der Waals surface area (Å²) in [6.07, 6.45) is 0. The highest BCUT2D eigenvalue weighted by Gasteiger charge is 2.31. The number of esters is 1. The molecule has 0 bridgehead atoms. The van der Waals surface area contributed by atoms with Crippen molar-refractivity contribution in [2.75, 3.05) is 13.7 Å². The summed E-state index contributed by atoms with van der Waals surface area (Å²) >= 11 is 0. The van der Waals surface area contributed by atoms with Gasteiger partial charge in [0.1, 0.15) is 12.5 Å². The molecule has 2 aromatic carbocycles. The normalized spacial score (nSPS) is 12.0. The van der Waals surface area contributed by atoms with E-state index in [0.717, 1.165) is 7.11 Å². The number of hydrogen-bond donors (Lipinski definition) is 2. The lowest BCUT2D eigenvalue weighted by molar-refractivity contribution is -0.383. The number of fused-ring (bicyclic) bond motifs is 1. The number of carbonyl (C=O) groups is 2. The van der Waals surface area contributed by atoms with Crippen LogP contribution in [0.4, 0.5) is 5.69 Å². The van der Waals surface area contributed by atoms with Crippen LogP contribution in [0.15, 0.2) is 30.3 Å². The molecule has 1 unspecified atom stereocenters. The molecule has 24 heavy (non-hydrogen) atoms. The van der Waals surface area contributed by atoms with E-state index in [1.165, 1.54) is 24.3 Å². The Morgan fingerprint density at radius 1 is 1.29 bits per heavy atom. The van der Waals surface area contributed by atoms with E-state index in [1.807, 2.05) is 0 Å². The average Bonchev–Trinajstić information content (AvgIpc) is 2.59. The Morgan fingerprint density at radius 3 is 2.54 bits per heavy atom. The highest BCUT2D eigenvalue weighted by Crippen LogP contribution is 2.32. The molecule has 0 heterocycles. The van der Waals surface area contributed by atoms with E-state index in [1.54, 1.807) is 6.07 Å². The zero-order valence-electron chi connectivity index (χ0n) is 12.8. The van der Waals surface area contributed by atoms with Crippen molar-refractivity contribution in [3.63, 3.8) is 0 Å². The molecule has 126 valence electrons. The third kappa shape index (κ3) is 3.10. The van der Waals surface area contributed by atoms with E-state index < -0.39 is 35.8 Å². The zero-order chi connectivity index (χ0) is 17.9. The molecule has 0 saturated heterocycles. The predicted octanol–water partition coefficient (Wildman–Crippen LogP) is 1.06. The number of ketones is 1. The molecule has 0 aliphatic heterocycles. The van der Waals surface area contributed by atoms with Crippen LogP contribution in [-0.2, 0) is 20.9 Å². The number of Topliss-reactive ketones (excluding diaryl/α,β-unsaturated/α-hetero) is 1. The minimum Gasteiger partial charge on any atom is -0.468 e. The van der Waals surface area contributed by atoms with Crippen LogP contribution in [0.5, 0.6) is 0 Å². The second-order valence-electron chi connectivity index (χ2n) is 5.05. The summed E-state index contributed by atoms with van der Waals surface area (Å²) in [5.74, 6) is -3.21. The van der Waals surface area contributed by atoms with Crippen LogP contribution in [0.2, 0.25) is 0 Å². The number of nitro groups is 1. The van der Waals surface area contributed by atoms with Crippen LogP contribution >= 0.6 is 0 Å². The van der Waals surface area contributed by atoms with Gasteiger partial charge in [0, 0.05) is 6.07 Å². The maximum absolute atomic E-state index is 12.0. The van der Waals surface area contributed by atoms with Gasteiger partial charge >= 0.3 is 5.97 Å². The molecule has 0 amide bonds. The smallest absolute Gasteiger partial charge is 0.320 e. The first kappa shape index (κ1) is 17.5. The van der Waals surface area contributed by atoms with Gasteiger partial charge in [0.05, 0.1) is 24.0 Å². The third-order valence-electron chi connectivity index (χ3n) is 3.71. The molecule has 2 rings (SSSR count).